The lowest BCUT2D eigenvalue weighted by Crippen LogP contribution is -2.27. The summed E-state index contributed by atoms with van der Waals surface area (Å²) in [7, 11) is 0. The Hall–Kier alpha value is -2.96. The van der Waals surface area contributed by atoms with Crippen molar-refractivity contribution in [2.75, 3.05) is 5.32 Å². The Morgan fingerprint density at radius 1 is 1.09 bits per heavy atom. The van der Waals surface area contributed by atoms with Crippen molar-refractivity contribution in [2.45, 2.75) is 26.7 Å². The number of Topliss-reactive ketones (excluding diaryl/α,β-unsaturated/α-hetero) is 1. The minimum atomic E-state index is -0.564. The molecule has 0 fully saturated rings. The molecule has 0 unspecified atom stereocenters. The third kappa shape index (κ3) is 4.26. The third-order valence-corrected chi connectivity index (χ3v) is 3.43. The number of hydrogen-bond donors (Lipinski definition) is 3. The average molecular weight is 315 g/mol. The van der Waals surface area contributed by atoms with Crippen LogP contribution in [0.15, 0.2) is 33.9 Å². The van der Waals surface area contributed by atoms with E-state index in [1.807, 2.05) is 0 Å². The van der Waals surface area contributed by atoms with Crippen molar-refractivity contribution >= 4 is 17.4 Å². The van der Waals surface area contributed by atoms with Crippen LogP contribution in [0.3, 0.4) is 0 Å². The van der Waals surface area contributed by atoms with Gasteiger partial charge in [-0.1, -0.05) is 0 Å². The van der Waals surface area contributed by atoms with E-state index in [0.717, 1.165) is 0 Å². The number of carbonyl (C=O) groups is 2. The van der Waals surface area contributed by atoms with Crippen LogP contribution in [-0.4, -0.2) is 21.7 Å². The first-order valence-corrected chi connectivity index (χ1v) is 7.09. The van der Waals surface area contributed by atoms with E-state index in [-0.39, 0.29) is 24.5 Å². The van der Waals surface area contributed by atoms with Crippen molar-refractivity contribution < 1.29 is 9.59 Å². The Morgan fingerprint density at radius 3 is 2.30 bits per heavy atom. The molecule has 1 aromatic heterocycles. The van der Waals surface area contributed by atoms with Crippen molar-refractivity contribution in [2.24, 2.45) is 0 Å². The normalized spacial score (nSPS) is 10.3. The van der Waals surface area contributed by atoms with Gasteiger partial charge in [-0.25, -0.2) is 4.79 Å². The zero-order chi connectivity index (χ0) is 17.0. The maximum Gasteiger partial charge on any atom is 0.325 e. The van der Waals surface area contributed by atoms with E-state index < -0.39 is 11.2 Å². The van der Waals surface area contributed by atoms with Crippen molar-refractivity contribution in [3.8, 4) is 0 Å². The predicted molar refractivity (Wildman–Crippen MR) is 85.8 cm³/mol. The lowest BCUT2D eigenvalue weighted by molar-refractivity contribution is -0.116. The number of aryl methyl sites for hydroxylation is 1. The fraction of sp³-hybridized carbons (Fsp3) is 0.250. The molecule has 2 rings (SSSR count). The quantitative estimate of drug-likeness (QED) is 0.718. The first-order chi connectivity index (χ1) is 10.9. The van der Waals surface area contributed by atoms with Gasteiger partial charge in [0, 0.05) is 28.9 Å². The molecule has 0 saturated heterocycles. The van der Waals surface area contributed by atoms with Gasteiger partial charge in [-0.05, 0) is 44.5 Å². The van der Waals surface area contributed by atoms with Crippen LogP contribution >= 0.6 is 0 Å². The van der Waals surface area contributed by atoms with Crippen LogP contribution in [0.5, 0.6) is 0 Å². The predicted octanol–water partition coefficient (Wildman–Crippen LogP) is 1.15. The highest BCUT2D eigenvalue weighted by molar-refractivity contribution is 5.95. The lowest BCUT2D eigenvalue weighted by Gasteiger charge is -2.07. The van der Waals surface area contributed by atoms with E-state index in [1.165, 1.54) is 6.92 Å². The number of H-pyrrole nitrogens is 2. The Kier molecular flexibility index (Phi) is 4.90. The van der Waals surface area contributed by atoms with Crippen LogP contribution in [0.4, 0.5) is 5.69 Å². The summed E-state index contributed by atoms with van der Waals surface area (Å²) in [6, 6.07) is 6.56. The topological polar surface area (TPSA) is 112 Å². The number of rotatable bonds is 5. The van der Waals surface area contributed by atoms with Crippen molar-refractivity contribution in [1.29, 1.82) is 0 Å². The molecule has 23 heavy (non-hydrogen) atoms. The van der Waals surface area contributed by atoms with E-state index in [9.17, 15) is 19.2 Å². The van der Waals surface area contributed by atoms with Gasteiger partial charge >= 0.3 is 5.69 Å². The zero-order valence-corrected chi connectivity index (χ0v) is 12.9. The smallest absolute Gasteiger partial charge is 0.325 e. The molecule has 0 aliphatic heterocycles. The molecule has 0 saturated carbocycles. The van der Waals surface area contributed by atoms with Crippen LogP contribution < -0.4 is 16.6 Å². The second kappa shape index (κ2) is 6.87. The van der Waals surface area contributed by atoms with Gasteiger partial charge < -0.3 is 10.3 Å². The molecule has 1 heterocycles. The molecule has 0 radical (unpaired) electrons. The highest BCUT2D eigenvalue weighted by Crippen LogP contribution is 2.11. The van der Waals surface area contributed by atoms with Crippen LogP contribution in [0.2, 0.25) is 0 Å². The van der Waals surface area contributed by atoms with Gasteiger partial charge in [-0.3, -0.25) is 19.4 Å². The van der Waals surface area contributed by atoms with Gasteiger partial charge in [0.05, 0.1) is 0 Å². The molecule has 0 bridgehead atoms. The Morgan fingerprint density at radius 2 is 1.74 bits per heavy atom. The van der Waals surface area contributed by atoms with Gasteiger partial charge in [-0.2, -0.15) is 0 Å². The Balaban J connectivity index is 1.99. The Bertz CT molecular complexity index is 847. The van der Waals surface area contributed by atoms with E-state index in [4.69, 9.17) is 0 Å². The maximum atomic E-state index is 11.9. The molecular weight excluding hydrogens is 298 g/mol. The first kappa shape index (κ1) is 16.4. The summed E-state index contributed by atoms with van der Waals surface area (Å²) >= 11 is 0. The molecule has 0 spiro atoms. The largest absolute Gasteiger partial charge is 0.326 e. The van der Waals surface area contributed by atoms with Crippen LogP contribution in [0.25, 0.3) is 0 Å². The molecule has 7 nitrogen and oxygen atoms in total. The number of nitrogens with one attached hydrogen (secondary N) is 3. The van der Waals surface area contributed by atoms with E-state index in [1.54, 1.807) is 31.2 Å². The molecule has 0 aliphatic rings. The molecule has 3 N–H and O–H groups in total. The second-order valence-electron chi connectivity index (χ2n) is 5.19. The van der Waals surface area contributed by atoms with Crippen molar-refractivity contribution in [1.82, 2.24) is 9.97 Å². The highest BCUT2D eigenvalue weighted by Gasteiger charge is 2.09. The van der Waals surface area contributed by atoms with Crippen LogP contribution in [0, 0.1) is 6.92 Å². The van der Waals surface area contributed by atoms with Gasteiger partial charge in [0.15, 0.2) is 5.78 Å². The first-order valence-electron chi connectivity index (χ1n) is 7.09. The van der Waals surface area contributed by atoms with Gasteiger partial charge in [0.1, 0.15) is 0 Å². The fourth-order valence-corrected chi connectivity index (χ4v) is 2.18. The number of hydrogen-bond acceptors (Lipinski definition) is 4. The summed E-state index contributed by atoms with van der Waals surface area (Å²) in [6.45, 7) is 3.09. The molecule has 7 heteroatoms. The van der Waals surface area contributed by atoms with Crippen molar-refractivity contribution in [3.05, 3.63) is 61.9 Å². The SMILES string of the molecule is CC(=O)c1ccc(NC(=O)CCc2c(C)[nH]c(=O)[nH]c2=O)cc1. The lowest BCUT2D eigenvalue weighted by atomic mass is 10.1. The van der Waals surface area contributed by atoms with E-state index >= 15 is 0 Å². The molecule has 0 aliphatic carbocycles. The molecule has 1 amide bonds. The number of amides is 1. The number of aromatic amines is 2. The monoisotopic (exact) mass is 315 g/mol. The van der Waals surface area contributed by atoms with Crippen LogP contribution in [-0.2, 0) is 11.2 Å². The molecule has 1 aromatic carbocycles. The second-order valence-corrected chi connectivity index (χ2v) is 5.19. The summed E-state index contributed by atoms with van der Waals surface area (Å²) in [5, 5.41) is 2.69. The number of benzene rings is 1. The number of carbonyl (C=O) groups excluding carboxylic acids is 2. The molecule has 120 valence electrons. The third-order valence-electron chi connectivity index (χ3n) is 3.43. The van der Waals surface area contributed by atoms with Crippen molar-refractivity contribution in [3.63, 3.8) is 0 Å². The summed E-state index contributed by atoms with van der Waals surface area (Å²) in [4.78, 5) is 50.5. The number of anilines is 1. The standard InChI is InChI=1S/C16H17N3O4/c1-9-13(15(22)19-16(23)17-9)7-8-14(21)18-12-5-3-11(4-6-12)10(2)20/h3-6H,7-8H2,1-2H3,(H,18,21)(H2,17,19,22,23). The summed E-state index contributed by atoms with van der Waals surface area (Å²) in [5.74, 6) is -0.304. The number of aromatic nitrogens is 2. The summed E-state index contributed by atoms with van der Waals surface area (Å²) in [6.07, 6.45) is 0.319. The Labute approximate surface area is 131 Å². The van der Waals surface area contributed by atoms with E-state index in [2.05, 4.69) is 15.3 Å². The fourth-order valence-electron chi connectivity index (χ4n) is 2.18. The molecule has 2 aromatic rings. The van der Waals surface area contributed by atoms with E-state index in [0.29, 0.717) is 22.5 Å². The molecular formula is C16H17N3O4. The number of ketones is 1. The van der Waals surface area contributed by atoms with Gasteiger partial charge in [0.2, 0.25) is 5.91 Å². The van der Waals surface area contributed by atoms with Crippen LogP contribution in [0.1, 0.15) is 35.0 Å². The summed E-state index contributed by atoms with van der Waals surface area (Å²) < 4.78 is 0. The minimum absolute atomic E-state index is 0.0457. The highest BCUT2D eigenvalue weighted by atomic mass is 16.2. The zero-order valence-electron chi connectivity index (χ0n) is 12.9. The minimum Gasteiger partial charge on any atom is -0.326 e. The van der Waals surface area contributed by atoms with Gasteiger partial charge in [0.25, 0.3) is 5.56 Å². The molecule has 0 atom stereocenters. The maximum absolute atomic E-state index is 11.9. The average Bonchev–Trinajstić information content (AvgIpc) is 2.46. The van der Waals surface area contributed by atoms with Gasteiger partial charge in [-0.15, -0.1) is 0 Å². The summed E-state index contributed by atoms with van der Waals surface area (Å²) in [5.41, 5.74) is 0.936.